The molecule has 20 heavy (non-hydrogen) atoms. The molecule has 0 saturated heterocycles. The van der Waals surface area contributed by atoms with Crippen molar-refractivity contribution in [2.24, 2.45) is 0 Å². The van der Waals surface area contributed by atoms with Gasteiger partial charge in [-0.1, -0.05) is 30.3 Å². The molecule has 4 heteroatoms. The molecule has 0 fully saturated rings. The van der Waals surface area contributed by atoms with Crippen LogP contribution in [-0.4, -0.2) is 12.4 Å². The molecular formula is C16H15NO2S. The Kier molecular flexibility index (Phi) is 2.91. The Hall–Kier alpha value is -2.07. The zero-order valence-electron chi connectivity index (χ0n) is 11.4. The molecule has 0 aliphatic carbocycles. The van der Waals surface area contributed by atoms with Crippen LogP contribution in [0.5, 0.6) is 0 Å². The summed E-state index contributed by atoms with van der Waals surface area (Å²) in [5.74, 6) is 0. The van der Waals surface area contributed by atoms with Crippen molar-refractivity contribution in [1.29, 1.82) is 0 Å². The van der Waals surface area contributed by atoms with E-state index < -0.39 is 10.0 Å². The predicted octanol–water partition coefficient (Wildman–Crippen LogP) is 3.50. The average molecular weight is 285 g/mol. The minimum Gasteiger partial charge on any atom is -0.246 e. The highest BCUT2D eigenvalue weighted by molar-refractivity contribution is 7.90. The molecule has 0 atom stereocenters. The Morgan fingerprint density at radius 2 is 1.60 bits per heavy atom. The molecule has 3 rings (SSSR count). The second-order valence-electron chi connectivity index (χ2n) is 4.97. The van der Waals surface area contributed by atoms with Gasteiger partial charge in [-0.05, 0) is 48.4 Å². The number of hydrogen-bond donors (Lipinski definition) is 0. The Morgan fingerprint density at radius 3 is 2.25 bits per heavy atom. The van der Waals surface area contributed by atoms with E-state index in [0.29, 0.717) is 4.90 Å². The van der Waals surface area contributed by atoms with Crippen LogP contribution in [0.3, 0.4) is 0 Å². The van der Waals surface area contributed by atoms with Crippen molar-refractivity contribution in [2.45, 2.75) is 18.7 Å². The summed E-state index contributed by atoms with van der Waals surface area (Å²) in [6.45, 7) is 3.69. The number of nitrogens with zero attached hydrogens (tertiary/aromatic N) is 1. The van der Waals surface area contributed by atoms with Gasteiger partial charge in [-0.25, -0.2) is 12.4 Å². The van der Waals surface area contributed by atoms with Crippen LogP contribution >= 0.6 is 0 Å². The standard InChI is InChI=1S/C16H15NO2S/c1-12-9-13(2)17(11-12)20(18,19)16-8-7-14-5-3-4-6-15(14)10-16/h3-11H,1-2H3. The van der Waals surface area contributed by atoms with Gasteiger partial charge < -0.3 is 0 Å². The summed E-state index contributed by atoms with van der Waals surface area (Å²) in [5, 5.41) is 1.96. The summed E-state index contributed by atoms with van der Waals surface area (Å²) >= 11 is 0. The SMILES string of the molecule is Cc1cc(C)n(S(=O)(=O)c2ccc3ccccc3c2)c1. The van der Waals surface area contributed by atoms with Gasteiger partial charge in [0.15, 0.2) is 0 Å². The molecule has 0 unspecified atom stereocenters. The van der Waals surface area contributed by atoms with E-state index in [1.165, 1.54) is 3.97 Å². The van der Waals surface area contributed by atoms with Crippen molar-refractivity contribution in [3.63, 3.8) is 0 Å². The van der Waals surface area contributed by atoms with Crippen molar-refractivity contribution in [2.75, 3.05) is 0 Å². The monoisotopic (exact) mass is 285 g/mol. The second kappa shape index (κ2) is 4.49. The highest BCUT2D eigenvalue weighted by atomic mass is 32.2. The molecule has 0 spiro atoms. The van der Waals surface area contributed by atoms with Crippen LogP contribution in [0.15, 0.2) is 59.6 Å². The molecule has 1 aromatic heterocycles. The lowest BCUT2D eigenvalue weighted by molar-refractivity contribution is 0.586. The van der Waals surface area contributed by atoms with Crippen LogP contribution in [0.25, 0.3) is 10.8 Å². The van der Waals surface area contributed by atoms with Crippen LogP contribution in [0.2, 0.25) is 0 Å². The number of aromatic nitrogens is 1. The molecular weight excluding hydrogens is 270 g/mol. The zero-order valence-corrected chi connectivity index (χ0v) is 12.2. The first-order chi connectivity index (χ1) is 9.48. The minimum atomic E-state index is -3.52. The van der Waals surface area contributed by atoms with Gasteiger partial charge >= 0.3 is 0 Å². The van der Waals surface area contributed by atoms with Crippen LogP contribution in [0.4, 0.5) is 0 Å². The number of fused-ring (bicyclic) bond motifs is 1. The van der Waals surface area contributed by atoms with E-state index in [9.17, 15) is 8.42 Å². The fraction of sp³-hybridized carbons (Fsp3) is 0.125. The Bertz CT molecular complexity index is 892. The fourth-order valence-corrected chi connectivity index (χ4v) is 3.90. The maximum atomic E-state index is 12.7. The molecule has 0 N–H and O–H groups in total. The van der Waals surface area contributed by atoms with Crippen LogP contribution in [-0.2, 0) is 10.0 Å². The molecule has 1 heterocycles. The second-order valence-corrected chi connectivity index (χ2v) is 6.78. The van der Waals surface area contributed by atoms with Gasteiger partial charge in [0.05, 0.1) is 4.90 Å². The first kappa shape index (κ1) is 12.9. The maximum absolute atomic E-state index is 12.7. The van der Waals surface area contributed by atoms with Gasteiger partial charge in [-0.15, -0.1) is 0 Å². The first-order valence-electron chi connectivity index (χ1n) is 6.38. The molecule has 2 aromatic carbocycles. The maximum Gasteiger partial charge on any atom is 0.267 e. The molecule has 0 saturated carbocycles. The van der Waals surface area contributed by atoms with Gasteiger partial charge in [0, 0.05) is 11.9 Å². The van der Waals surface area contributed by atoms with Crippen LogP contribution in [0.1, 0.15) is 11.3 Å². The van der Waals surface area contributed by atoms with Crippen molar-refractivity contribution in [3.05, 3.63) is 66.0 Å². The summed E-state index contributed by atoms with van der Waals surface area (Å²) in [6.07, 6.45) is 1.65. The summed E-state index contributed by atoms with van der Waals surface area (Å²) in [6, 6.07) is 14.8. The van der Waals surface area contributed by atoms with Gasteiger partial charge in [0.2, 0.25) is 0 Å². The highest BCUT2D eigenvalue weighted by Gasteiger charge is 2.18. The lowest BCUT2D eigenvalue weighted by Crippen LogP contribution is -2.13. The number of rotatable bonds is 2. The van der Waals surface area contributed by atoms with Crippen LogP contribution in [0, 0.1) is 13.8 Å². The van der Waals surface area contributed by atoms with E-state index in [1.54, 1.807) is 25.3 Å². The highest BCUT2D eigenvalue weighted by Crippen LogP contribution is 2.22. The zero-order chi connectivity index (χ0) is 14.3. The fourth-order valence-electron chi connectivity index (χ4n) is 2.42. The van der Waals surface area contributed by atoms with Crippen molar-refractivity contribution >= 4 is 20.8 Å². The van der Waals surface area contributed by atoms with Gasteiger partial charge in [-0.2, -0.15) is 0 Å². The Balaban J connectivity index is 2.21. The average Bonchev–Trinajstić information content (AvgIpc) is 2.78. The summed E-state index contributed by atoms with van der Waals surface area (Å²) < 4.78 is 26.7. The number of hydrogen-bond acceptors (Lipinski definition) is 2. The first-order valence-corrected chi connectivity index (χ1v) is 7.82. The third-order valence-corrected chi connectivity index (χ3v) is 5.14. The predicted molar refractivity (Wildman–Crippen MR) is 80.4 cm³/mol. The Morgan fingerprint density at radius 1 is 0.900 bits per heavy atom. The molecule has 0 aliphatic rings. The third kappa shape index (κ3) is 2.02. The number of benzene rings is 2. The summed E-state index contributed by atoms with van der Waals surface area (Å²) in [7, 11) is -3.52. The van der Waals surface area contributed by atoms with Gasteiger partial charge in [0.1, 0.15) is 0 Å². The Labute approximate surface area is 118 Å². The van der Waals surface area contributed by atoms with E-state index in [-0.39, 0.29) is 0 Å². The lowest BCUT2D eigenvalue weighted by Gasteiger charge is -2.09. The van der Waals surface area contributed by atoms with Crippen molar-refractivity contribution in [3.8, 4) is 0 Å². The summed E-state index contributed by atoms with van der Waals surface area (Å²) in [5.41, 5.74) is 1.66. The van der Waals surface area contributed by atoms with Crippen LogP contribution < -0.4 is 0 Å². The normalized spacial score (nSPS) is 11.9. The summed E-state index contributed by atoms with van der Waals surface area (Å²) in [4.78, 5) is 0.315. The quantitative estimate of drug-likeness (QED) is 0.723. The van der Waals surface area contributed by atoms with Gasteiger partial charge in [-0.3, -0.25) is 0 Å². The smallest absolute Gasteiger partial charge is 0.246 e. The molecule has 0 aliphatic heterocycles. The molecule has 102 valence electrons. The molecule has 0 bridgehead atoms. The van der Waals surface area contributed by atoms with Crippen molar-refractivity contribution in [1.82, 2.24) is 3.97 Å². The number of aryl methyl sites for hydroxylation is 2. The van der Waals surface area contributed by atoms with E-state index >= 15 is 0 Å². The molecule has 3 aromatic rings. The largest absolute Gasteiger partial charge is 0.267 e. The van der Waals surface area contributed by atoms with E-state index in [2.05, 4.69) is 0 Å². The van der Waals surface area contributed by atoms with E-state index in [0.717, 1.165) is 22.0 Å². The topological polar surface area (TPSA) is 39.1 Å². The molecule has 0 amide bonds. The van der Waals surface area contributed by atoms with Gasteiger partial charge in [0.25, 0.3) is 10.0 Å². The third-order valence-electron chi connectivity index (χ3n) is 3.38. The minimum absolute atomic E-state index is 0.315. The molecule has 3 nitrogen and oxygen atoms in total. The van der Waals surface area contributed by atoms with E-state index in [1.807, 2.05) is 43.3 Å². The van der Waals surface area contributed by atoms with E-state index in [4.69, 9.17) is 0 Å². The van der Waals surface area contributed by atoms with Crippen molar-refractivity contribution < 1.29 is 8.42 Å². The lowest BCUT2D eigenvalue weighted by atomic mass is 10.1. The molecule has 0 radical (unpaired) electrons.